The minimum atomic E-state index is -4.24. The van der Waals surface area contributed by atoms with E-state index < -0.39 is 16.1 Å². The Morgan fingerprint density at radius 1 is 1.15 bits per heavy atom. The predicted molar refractivity (Wildman–Crippen MR) is 43.2 cm³/mol. The third-order valence-electron chi connectivity index (χ3n) is 1.40. The van der Waals surface area contributed by atoms with Crippen molar-refractivity contribution >= 4 is 16.1 Å². The van der Waals surface area contributed by atoms with E-state index >= 15 is 0 Å². The van der Waals surface area contributed by atoms with Crippen LogP contribution in [-0.4, -0.2) is 24.0 Å². The first kappa shape index (κ1) is 9.69. The summed E-state index contributed by atoms with van der Waals surface area (Å²) in [7, 11) is -4.24. The predicted octanol–water partition coefficient (Wildman–Crippen LogP) is 0.632. The standard InChI is InChI=1S/C7H6O5S/c8-7(9)5-1-3-6(4-2-5)13(10,11)12/h1-4H,(H,8,9)(H,10,11,12). The van der Waals surface area contributed by atoms with Gasteiger partial charge >= 0.3 is 5.97 Å². The van der Waals surface area contributed by atoms with Crippen LogP contribution in [-0.2, 0) is 10.1 Å². The molecule has 0 spiro atoms. The van der Waals surface area contributed by atoms with Gasteiger partial charge in [0, 0.05) is 0 Å². The smallest absolute Gasteiger partial charge is 0.335 e. The summed E-state index contributed by atoms with van der Waals surface area (Å²) in [6, 6.07) is 4.26. The van der Waals surface area contributed by atoms with Gasteiger partial charge in [0.2, 0.25) is 0 Å². The summed E-state index contributed by atoms with van der Waals surface area (Å²) >= 11 is 0. The molecule has 6 heteroatoms. The van der Waals surface area contributed by atoms with E-state index in [9.17, 15) is 13.2 Å². The van der Waals surface area contributed by atoms with Crippen molar-refractivity contribution in [3.63, 3.8) is 0 Å². The molecule has 0 saturated carbocycles. The van der Waals surface area contributed by atoms with E-state index in [1.165, 1.54) is 0 Å². The maximum atomic E-state index is 10.5. The van der Waals surface area contributed by atoms with E-state index in [1.54, 1.807) is 0 Å². The summed E-state index contributed by atoms with van der Waals surface area (Å²) in [6.45, 7) is 0. The fourth-order valence-corrected chi connectivity index (χ4v) is 1.25. The second kappa shape index (κ2) is 3.15. The summed E-state index contributed by atoms with van der Waals surface area (Å²) in [6.07, 6.45) is 0. The second-order valence-corrected chi connectivity index (χ2v) is 3.73. The fourth-order valence-electron chi connectivity index (χ4n) is 0.769. The molecule has 0 fully saturated rings. The maximum Gasteiger partial charge on any atom is 0.335 e. The SMILES string of the molecule is O=C(O)c1ccc(S(=O)(=O)O)cc1. The van der Waals surface area contributed by atoms with E-state index in [2.05, 4.69) is 0 Å². The molecular formula is C7H6O5S. The van der Waals surface area contributed by atoms with Crippen LogP contribution >= 0.6 is 0 Å². The van der Waals surface area contributed by atoms with E-state index in [0.29, 0.717) is 0 Å². The molecule has 1 aromatic carbocycles. The van der Waals surface area contributed by atoms with Gasteiger partial charge in [-0.3, -0.25) is 4.55 Å². The van der Waals surface area contributed by atoms with Crippen molar-refractivity contribution in [2.75, 3.05) is 0 Å². The second-order valence-electron chi connectivity index (χ2n) is 2.30. The Morgan fingerprint density at radius 3 is 1.92 bits per heavy atom. The van der Waals surface area contributed by atoms with Gasteiger partial charge in [0.1, 0.15) is 0 Å². The Labute approximate surface area is 74.4 Å². The minimum Gasteiger partial charge on any atom is -0.478 e. The van der Waals surface area contributed by atoms with Crippen molar-refractivity contribution in [1.82, 2.24) is 0 Å². The molecule has 0 aromatic heterocycles. The molecule has 2 N–H and O–H groups in total. The zero-order chi connectivity index (χ0) is 10.1. The Bertz CT molecular complexity index is 417. The highest BCUT2D eigenvalue weighted by Gasteiger charge is 2.09. The van der Waals surface area contributed by atoms with Gasteiger partial charge in [-0.15, -0.1) is 0 Å². The molecule has 0 aliphatic heterocycles. The number of carbonyl (C=O) groups is 1. The maximum absolute atomic E-state index is 10.5. The van der Waals surface area contributed by atoms with Crippen LogP contribution in [0, 0.1) is 0 Å². The average Bonchev–Trinajstić information content (AvgIpc) is 2.03. The zero-order valence-corrected chi connectivity index (χ0v) is 7.15. The van der Waals surface area contributed by atoms with E-state index in [-0.39, 0.29) is 10.5 Å². The van der Waals surface area contributed by atoms with Crippen LogP contribution in [0.1, 0.15) is 10.4 Å². The molecule has 1 rings (SSSR count). The van der Waals surface area contributed by atoms with Crippen molar-refractivity contribution < 1.29 is 22.9 Å². The average molecular weight is 202 g/mol. The van der Waals surface area contributed by atoms with Crippen molar-refractivity contribution in [2.24, 2.45) is 0 Å². The molecule has 0 aliphatic rings. The highest BCUT2D eigenvalue weighted by atomic mass is 32.2. The van der Waals surface area contributed by atoms with Gasteiger partial charge in [-0.25, -0.2) is 4.79 Å². The number of hydrogen-bond acceptors (Lipinski definition) is 3. The number of rotatable bonds is 2. The van der Waals surface area contributed by atoms with Gasteiger partial charge in [0.25, 0.3) is 10.1 Å². The van der Waals surface area contributed by atoms with Gasteiger partial charge < -0.3 is 5.11 Å². The van der Waals surface area contributed by atoms with Gasteiger partial charge in [-0.2, -0.15) is 8.42 Å². The Morgan fingerprint density at radius 2 is 1.62 bits per heavy atom. The molecule has 0 aliphatic carbocycles. The topological polar surface area (TPSA) is 91.7 Å². The molecule has 0 radical (unpaired) electrons. The fraction of sp³-hybridized carbons (Fsp3) is 0. The Kier molecular flexibility index (Phi) is 2.35. The summed E-state index contributed by atoms with van der Waals surface area (Å²) < 4.78 is 29.6. The van der Waals surface area contributed by atoms with Crippen molar-refractivity contribution in [3.8, 4) is 0 Å². The van der Waals surface area contributed by atoms with E-state index in [0.717, 1.165) is 24.3 Å². The molecule has 13 heavy (non-hydrogen) atoms. The van der Waals surface area contributed by atoms with Gasteiger partial charge in [0.15, 0.2) is 0 Å². The molecule has 1 aromatic rings. The van der Waals surface area contributed by atoms with Crippen molar-refractivity contribution in [2.45, 2.75) is 4.90 Å². The molecular weight excluding hydrogens is 196 g/mol. The third kappa shape index (κ3) is 2.27. The summed E-state index contributed by atoms with van der Waals surface area (Å²) in [5.74, 6) is -1.15. The van der Waals surface area contributed by atoms with E-state index in [1.807, 2.05) is 0 Å². The Balaban J connectivity index is 3.16. The number of carboxylic acids is 1. The molecule has 0 amide bonds. The largest absolute Gasteiger partial charge is 0.478 e. The zero-order valence-electron chi connectivity index (χ0n) is 6.34. The summed E-state index contributed by atoms with van der Waals surface area (Å²) in [5.41, 5.74) is -0.0348. The molecule has 0 atom stereocenters. The van der Waals surface area contributed by atoms with Crippen LogP contribution in [0.3, 0.4) is 0 Å². The lowest BCUT2D eigenvalue weighted by molar-refractivity contribution is 0.0696. The summed E-state index contributed by atoms with van der Waals surface area (Å²) in [5, 5.41) is 8.47. The van der Waals surface area contributed by atoms with Crippen LogP contribution < -0.4 is 0 Å². The highest BCUT2D eigenvalue weighted by Crippen LogP contribution is 2.09. The third-order valence-corrected chi connectivity index (χ3v) is 2.27. The minimum absolute atomic E-state index is 0.0348. The van der Waals surface area contributed by atoms with E-state index in [4.69, 9.17) is 9.66 Å². The first-order valence-corrected chi connectivity index (χ1v) is 4.66. The molecule has 70 valence electrons. The molecule has 0 saturated heterocycles. The summed E-state index contributed by atoms with van der Waals surface area (Å²) in [4.78, 5) is 10.0. The molecule has 0 unspecified atom stereocenters. The van der Waals surface area contributed by atoms with Gasteiger partial charge in [0.05, 0.1) is 10.5 Å². The number of hydrogen-bond donors (Lipinski definition) is 2. The van der Waals surface area contributed by atoms with Crippen LogP contribution in [0.2, 0.25) is 0 Å². The lowest BCUT2D eigenvalue weighted by Crippen LogP contribution is -2.00. The van der Waals surface area contributed by atoms with Crippen LogP contribution in [0.5, 0.6) is 0 Å². The van der Waals surface area contributed by atoms with Crippen LogP contribution in [0.25, 0.3) is 0 Å². The monoisotopic (exact) mass is 202 g/mol. The lowest BCUT2D eigenvalue weighted by atomic mass is 10.2. The Hall–Kier alpha value is -1.40. The lowest BCUT2D eigenvalue weighted by Gasteiger charge is -1.96. The number of carboxylic acid groups (broad SMARTS) is 1. The number of aromatic carboxylic acids is 1. The highest BCUT2D eigenvalue weighted by molar-refractivity contribution is 7.85. The van der Waals surface area contributed by atoms with Gasteiger partial charge in [-0.1, -0.05) is 0 Å². The normalized spacial score (nSPS) is 11.2. The molecule has 0 bridgehead atoms. The van der Waals surface area contributed by atoms with Crippen LogP contribution in [0.15, 0.2) is 29.2 Å². The van der Waals surface area contributed by atoms with Gasteiger partial charge in [-0.05, 0) is 24.3 Å². The quantitative estimate of drug-likeness (QED) is 0.686. The number of benzene rings is 1. The first-order chi connectivity index (χ1) is 5.91. The first-order valence-electron chi connectivity index (χ1n) is 3.22. The van der Waals surface area contributed by atoms with Crippen LogP contribution in [0.4, 0.5) is 0 Å². The van der Waals surface area contributed by atoms with Crippen molar-refractivity contribution in [1.29, 1.82) is 0 Å². The van der Waals surface area contributed by atoms with Crippen molar-refractivity contribution in [3.05, 3.63) is 29.8 Å². The molecule has 5 nitrogen and oxygen atoms in total. The molecule has 0 heterocycles.